The lowest BCUT2D eigenvalue weighted by Crippen LogP contribution is -2.08. The number of imidazole rings is 1. The lowest BCUT2D eigenvalue weighted by Gasteiger charge is -2.22. The number of nitriles is 1. The molecule has 6 rings (SSSR count). The van der Waals surface area contributed by atoms with E-state index in [0.29, 0.717) is 23.0 Å². The average molecular weight is 470 g/mol. The van der Waals surface area contributed by atoms with Crippen LogP contribution in [0.4, 0.5) is 0 Å². The molecule has 2 aromatic heterocycles. The number of aromatic nitrogens is 2. The number of hydrogen-bond donors (Lipinski definition) is 0. The Labute approximate surface area is 210 Å². The smallest absolute Gasteiger partial charge is 0.145 e. The second-order valence-corrected chi connectivity index (χ2v) is 9.96. The van der Waals surface area contributed by atoms with Crippen LogP contribution >= 0.6 is 0 Å². The third kappa shape index (κ3) is 3.31. The van der Waals surface area contributed by atoms with Crippen LogP contribution in [0.2, 0.25) is 0 Å². The first kappa shape index (κ1) is 22.1. The molecule has 0 spiro atoms. The van der Waals surface area contributed by atoms with E-state index in [1.165, 1.54) is 16.8 Å². The van der Waals surface area contributed by atoms with Crippen LogP contribution in [0.1, 0.15) is 56.2 Å². The number of nitrogens with zero attached hydrogens (tertiary/aromatic N) is 3. The van der Waals surface area contributed by atoms with Crippen molar-refractivity contribution in [1.29, 1.82) is 5.26 Å². The Balaban J connectivity index is 1.86. The van der Waals surface area contributed by atoms with E-state index in [4.69, 9.17) is 9.40 Å². The third-order valence-electron chi connectivity index (χ3n) is 6.98. The molecule has 4 aromatic carbocycles. The van der Waals surface area contributed by atoms with Gasteiger partial charge in [0.1, 0.15) is 17.0 Å². The maximum Gasteiger partial charge on any atom is 0.145 e. The van der Waals surface area contributed by atoms with Crippen LogP contribution in [0.3, 0.4) is 0 Å². The molecular formula is C32H27N3O. The van der Waals surface area contributed by atoms with E-state index in [2.05, 4.69) is 80.8 Å². The van der Waals surface area contributed by atoms with Gasteiger partial charge in [-0.25, -0.2) is 4.98 Å². The van der Waals surface area contributed by atoms with Gasteiger partial charge in [-0.2, -0.15) is 5.26 Å². The summed E-state index contributed by atoms with van der Waals surface area (Å²) in [5.41, 5.74) is 8.88. The molecule has 4 nitrogen and oxygen atoms in total. The highest BCUT2D eigenvalue weighted by atomic mass is 16.3. The monoisotopic (exact) mass is 469 g/mol. The van der Waals surface area contributed by atoms with Crippen molar-refractivity contribution in [2.45, 2.75) is 39.5 Å². The molecule has 36 heavy (non-hydrogen) atoms. The first-order valence-corrected chi connectivity index (χ1v) is 12.4. The molecule has 0 N–H and O–H groups in total. The van der Waals surface area contributed by atoms with Crippen molar-refractivity contribution in [3.8, 4) is 23.1 Å². The summed E-state index contributed by atoms with van der Waals surface area (Å²) in [6.45, 7) is 8.99. The molecular weight excluding hydrogens is 442 g/mol. The summed E-state index contributed by atoms with van der Waals surface area (Å²) in [5.74, 6) is 1.58. The number of benzene rings is 4. The fourth-order valence-corrected chi connectivity index (χ4v) is 5.26. The van der Waals surface area contributed by atoms with E-state index in [9.17, 15) is 5.26 Å². The molecule has 0 amide bonds. The van der Waals surface area contributed by atoms with Gasteiger partial charge < -0.3 is 4.42 Å². The Hall–Kier alpha value is -4.36. The van der Waals surface area contributed by atoms with Gasteiger partial charge >= 0.3 is 0 Å². The van der Waals surface area contributed by atoms with Crippen molar-refractivity contribution in [3.05, 3.63) is 95.6 Å². The van der Waals surface area contributed by atoms with Gasteiger partial charge in [-0.3, -0.25) is 4.57 Å². The Kier molecular flexibility index (Phi) is 5.16. The second kappa shape index (κ2) is 8.39. The molecule has 0 saturated heterocycles. The predicted molar refractivity (Wildman–Crippen MR) is 147 cm³/mol. The van der Waals surface area contributed by atoms with Gasteiger partial charge in [0.05, 0.1) is 33.7 Å². The maximum atomic E-state index is 9.43. The molecule has 0 atom stereocenters. The minimum Gasteiger partial charge on any atom is -0.456 e. The van der Waals surface area contributed by atoms with Crippen LogP contribution in [-0.2, 0) is 0 Å². The zero-order chi connectivity index (χ0) is 25.0. The fourth-order valence-electron chi connectivity index (χ4n) is 5.26. The molecule has 0 radical (unpaired) electrons. The number of para-hydroxylation sites is 1. The van der Waals surface area contributed by atoms with Gasteiger partial charge in [-0.15, -0.1) is 0 Å². The standard InChI is InChI=1S/C32H27N3O/c1-19(2)23-11-8-12-24(20(3)4)30(23)35-31-26(34-32(35)22-9-6-5-7-10-22)15-16-27-29(31)25-14-13-21(18-33)17-28(25)36-27/h5-17,19-20H,1-4H3. The molecule has 0 aliphatic rings. The summed E-state index contributed by atoms with van der Waals surface area (Å²) in [5, 5.41) is 11.4. The van der Waals surface area contributed by atoms with E-state index in [0.717, 1.165) is 38.8 Å². The summed E-state index contributed by atoms with van der Waals surface area (Å²) in [4.78, 5) is 5.20. The topological polar surface area (TPSA) is 54.8 Å². The van der Waals surface area contributed by atoms with E-state index < -0.39 is 0 Å². The number of hydrogen-bond acceptors (Lipinski definition) is 3. The van der Waals surface area contributed by atoms with Crippen LogP contribution in [0, 0.1) is 11.3 Å². The van der Waals surface area contributed by atoms with Gasteiger partial charge in [0.25, 0.3) is 0 Å². The van der Waals surface area contributed by atoms with Crippen molar-refractivity contribution in [3.63, 3.8) is 0 Å². The lowest BCUT2D eigenvalue weighted by molar-refractivity contribution is 0.669. The molecule has 0 fully saturated rings. The Morgan fingerprint density at radius 2 is 1.53 bits per heavy atom. The molecule has 0 aliphatic heterocycles. The quantitative estimate of drug-likeness (QED) is 0.259. The Bertz CT molecular complexity index is 1770. The van der Waals surface area contributed by atoms with Crippen molar-refractivity contribution < 1.29 is 4.42 Å². The van der Waals surface area contributed by atoms with Gasteiger partial charge in [0.2, 0.25) is 0 Å². The molecule has 0 bridgehead atoms. The van der Waals surface area contributed by atoms with Gasteiger partial charge in [0.15, 0.2) is 0 Å². The van der Waals surface area contributed by atoms with Gasteiger partial charge in [0, 0.05) is 10.9 Å². The van der Waals surface area contributed by atoms with Crippen LogP contribution in [0.15, 0.2) is 83.3 Å². The van der Waals surface area contributed by atoms with Crippen molar-refractivity contribution in [1.82, 2.24) is 9.55 Å². The molecule has 4 heteroatoms. The highest BCUT2D eigenvalue weighted by molar-refractivity contribution is 6.18. The lowest BCUT2D eigenvalue weighted by atomic mass is 9.92. The zero-order valence-corrected chi connectivity index (χ0v) is 20.9. The third-order valence-corrected chi connectivity index (χ3v) is 6.98. The first-order valence-electron chi connectivity index (χ1n) is 12.4. The summed E-state index contributed by atoms with van der Waals surface area (Å²) in [6.07, 6.45) is 0. The number of fused-ring (bicyclic) bond motifs is 5. The maximum absolute atomic E-state index is 9.43. The summed E-state index contributed by atoms with van der Waals surface area (Å²) in [6, 6.07) is 29.0. The van der Waals surface area contributed by atoms with Crippen molar-refractivity contribution >= 4 is 33.0 Å². The number of furan rings is 1. The van der Waals surface area contributed by atoms with Crippen LogP contribution in [-0.4, -0.2) is 9.55 Å². The Morgan fingerprint density at radius 1 is 0.806 bits per heavy atom. The molecule has 6 aromatic rings. The van der Waals surface area contributed by atoms with E-state index in [1.54, 1.807) is 0 Å². The molecule has 0 aliphatic carbocycles. The first-order chi connectivity index (χ1) is 17.5. The van der Waals surface area contributed by atoms with E-state index in [1.807, 2.05) is 36.4 Å². The van der Waals surface area contributed by atoms with Crippen LogP contribution in [0.25, 0.3) is 50.0 Å². The minimum atomic E-state index is 0.332. The Morgan fingerprint density at radius 3 is 2.19 bits per heavy atom. The minimum absolute atomic E-state index is 0.332. The second-order valence-electron chi connectivity index (χ2n) is 9.96. The number of rotatable bonds is 4. The van der Waals surface area contributed by atoms with Crippen molar-refractivity contribution in [2.75, 3.05) is 0 Å². The molecule has 2 heterocycles. The SMILES string of the molecule is CC(C)c1cccc(C(C)C)c1-n1c(-c2ccccc2)nc2ccc3oc4cc(C#N)ccc4c3c21. The highest BCUT2D eigenvalue weighted by Crippen LogP contribution is 2.41. The molecule has 0 saturated carbocycles. The average Bonchev–Trinajstić information content (AvgIpc) is 3.46. The summed E-state index contributed by atoms with van der Waals surface area (Å²) >= 11 is 0. The van der Waals surface area contributed by atoms with Crippen LogP contribution < -0.4 is 0 Å². The van der Waals surface area contributed by atoms with Gasteiger partial charge in [-0.1, -0.05) is 76.2 Å². The molecule has 176 valence electrons. The summed E-state index contributed by atoms with van der Waals surface area (Å²) < 4.78 is 8.62. The van der Waals surface area contributed by atoms with E-state index >= 15 is 0 Å². The fraction of sp³-hybridized carbons (Fsp3) is 0.188. The van der Waals surface area contributed by atoms with E-state index in [-0.39, 0.29) is 0 Å². The highest BCUT2D eigenvalue weighted by Gasteiger charge is 2.24. The summed E-state index contributed by atoms with van der Waals surface area (Å²) in [7, 11) is 0. The normalized spacial score (nSPS) is 11.8. The molecule has 0 unspecified atom stereocenters. The largest absolute Gasteiger partial charge is 0.456 e. The van der Waals surface area contributed by atoms with Crippen LogP contribution in [0.5, 0.6) is 0 Å². The van der Waals surface area contributed by atoms with Gasteiger partial charge in [-0.05, 0) is 53.3 Å². The zero-order valence-electron chi connectivity index (χ0n) is 20.9. The predicted octanol–water partition coefficient (Wildman–Crippen LogP) is 8.71. The van der Waals surface area contributed by atoms with Crippen molar-refractivity contribution in [2.24, 2.45) is 0 Å².